The molecule has 0 aromatic heterocycles. The zero-order valence-electron chi connectivity index (χ0n) is 13.6. The molecule has 1 fully saturated rings. The molecule has 1 aliphatic heterocycles. The SMILES string of the molecule is Cl.Clc1ccc(Oc2ccccc2)c(CNCC2CCNCC2)c1. The molecule has 0 amide bonds. The van der Waals surface area contributed by atoms with E-state index in [0.29, 0.717) is 0 Å². The van der Waals surface area contributed by atoms with Crippen molar-refractivity contribution in [1.82, 2.24) is 10.6 Å². The Balaban J connectivity index is 0.00000208. The van der Waals surface area contributed by atoms with Gasteiger partial charge in [-0.3, -0.25) is 0 Å². The van der Waals surface area contributed by atoms with E-state index in [1.54, 1.807) is 0 Å². The van der Waals surface area contributed by atoms with Crippen molar-refractivity contribution in [3.63, 3.8) is 0 Å². The second kappa shape index (κ2) is 9.90. The van der Waals surface area contributed by atoms with Crippen LogP contribution in [0.1, 0.15) is 18.4 Å². The summed E-state index contributed by atoms with van der Waals surface area (Å²) >= 11 is 6.16. The van der Waals surface area contributed by atoms with Crippen molar-refractivity contribution in [2.45, 2.75) is 19.4 Å². The molecule has 0 saturated carbocycles. The second-order valence-electron chi connectivity index (χ2n) is 5.99. The Bertz CT molecular complexity index is 616. The minimum Gasteiger partial charge on any atom is -0.457 e. The van der Waals surface area contributed by atoms with Crippen molar-refractivity contribution in [3.05, 3.63) is 59.1 Å². The monoisotopic (exact) mass is 366 g/mol. The van der Waals surface area contributed by atoms with E-state index in [4.69, 9.17) is 16.3 Å². The molecular weight excluding hydrogens is 343 g/mol. The third kappa shape index (κ3) is 5.67. The van der Waals surface area contributed by atoms with E-state index in [1.165, 1.54) is 12.8 Å². The molecule has 1 heterocycles. The molecule has 0 bridgehead atoms. The van der Waals surface area contributed by atoms with Crippen molar-refractivity contribution in [1.29, 1.82) is 0 Å². The van der Waals surface area contributed by atoms with E-state index in [-0.39, 0.29) is 12.4 Å². The predicted octanol–water partition coefficient (Wildman–Crippen LogP) is 4.64. The Morgan fingerprint density at radius 2 is 1.83 bits per heavy atom. The fraction of sp³-hybridized carbons (Fsp3) is 0.368. The van der Waals surface area contributed by atoms with Gasteiger partial charge in [-0.15, -0.1) is 12.4 Å². The summed E-state index contributed by atoms with van der Waals surface area (Å²) in [6.45, 7) is 4.07. The summed E-state index contributed by atoms with van der Waals surface area (Å²) in [4.78, 5) is 0. The first-order valence-corrected chi connectivity index (χ1v) is 8.62. The number of benzene rings is 2. The molecule has 1 saturated heterocycles. The normalized spacial score (nSPS) is 14.9. The standard InChI is InChI=1S/C19H23ClN2O.ClH/c20-17-6-7-19(23-18-4-2-1-3-5-18)16(12-17)14-22-13-15-8-10-21-11-9-15;/h1-7,12,15,21-22H,8-11,13-14H2;1H. The molecule has 2 N–H and O–H groups in total. The van der Waals surface area contributed by atoms with E-state index in [2.05, 4.69) is 10.6 Å². The third-order valence-corrected chi connectivity index (χ3v) is 4.44. The van der Waals surface area contributed by atoms with Crippen LogP contribution in [0.3, 0.4) is 0 Å². The molecule has 3 nitrogen and oxygen atoms in total. The van der Waals surface area contributed by atoms with Crippen molar-refractivity contribution < 1.29 is 4.74 Å². The Labute approximate surface area is 155 Å². The van der Waals surface area contributed by atoms with Crippen molar-refractivity contribution in [2.24, 2.45) is 5.92 Å². The van der Waals surface area contributed by atoms with Crippen molar-refractivity contribution in [2.75, 3.05) is 19.6 Å². The highest BCUT2D eigenvalue weighted by atomic mass is 35.5. The maximum Gasteiger partial charge on any atom is 0.132 e. The van der Waals surface area contributed by atoms with E-state index in [1.807, 2.05) is 48.5 Å². The minimum absolute atomic E-state index is 0. The lowest BCUT2D eigenvalue weighted by Gasteiger charge is -2.23. The van der Waals surface area contributed by atoms with Crippen LogP contribution in [0, 0.1) is 5.92 Å². The first-order valence-electron chi connectivity index (χ1n) is 8.24. The topological polar surface area (TPSA) is 33.3 Å². The molecular formula is C19H24Cl2N2O. The van der Waals surface area contributed by atoms with Gasteiger partial charge in [0.25, 0.3) is 0 Å². The van der Waals surface area contributed by atoms with E-state index in [0.717, 1.165) is 54.2 Å². The van der Waals surface area contributed by atoms with Gasteiger partial charge in [0.2, 0.25) is 0 Å². The van der Waals surface area contributed by atoms with Crippen LogP contribution in [-0.2, 0) is 6.54 Å². The molecule has 0 aliphatic carbocycles. The third-order valence-electron chi connectivity index (χ3n) is 4.20. The number of para-hydroxylation sites is 1. The summed E-state index contributed by atoms with van der Waals surface area (Å²) in [7, 11) is 0. The molecule has 0 radical (unpaired) electrons. The van der Waals surface area contributed by atoms with E-state index >= 15 is 0 Å². The maximum absolute atomic E-state index is 6.16. The van der Waals surface area contributed by atoms with Gasteiger partial charge in [-0.05, 0) is 68.7 Å². The average molecular weight is 367 g/mol. The van der Waals surface area contributed by atoms with Gasteiger partial charge in [-0.25, -0.2) is 0 Å². The van der Waals surface area contributed by atoms with Crippen LogP contribution >= 0.6 is 24.0 Å². The molecule has 0 unspecified atom stereocenters. The highest BCUT2D eigenvalue weighted by molar-refractivity contribution is 6.30. The molecule has 1 aliphatic rings. The van der Waals surface area contributed by atoms with Crippen molar-refractivity contribution >= 4 is 24.0 Å². The van der Waals surface area contributed by atoms with Crippen LogP contribution in [0.25, 0.3) is 0 Å². The fourth-order valence-corrected chi connectivity index (χ4v) is 3.09. The molecule has 5 heteroatoms. The number of piperidine rings is 1. The van der Waals surface area contributed by atoms with E-state index < -0.39 is 0 Å². The smallest absolute Gasteiger partial charge is 0.132 e. The molecule has 24 heavy (non-hydrogen) atoms. The summed E-state index contributed by atoms with van der Waals surface area (Å²) < 4.78 is 6.00. The summed E-state index contributed by atoms with van der Waals surface area (Å²) in [6.07, 6.45) is 2.49. The van der Waals surface area contributed by atoms with Gasteiger partial charge in [0.15, 0.2) is 0 Å². The number of nitrogens with one attached hydrogen (secondary N) is 2. The lowest BCUT2D eigenvalue weighted by Crippen LogP contribution is -2.33. The Morgan fingerprint density at radius 1 is 1.08 bits per heavy atom. The number of rotatable bonds is 6. The van der Waals surface area contributed by atoms with Crippen LogP contribution in [0.2, 0.25) is 5.02 Å². The Morgan fingerprint density at radius 3 is 2.58 bits per heavy atom. The van der Waals surface area contributed by atoms with Crippen LogP contribution in [0.5, 0.6) is 11.5 Å². The Kier molecular flexibility index (Phi) is 7.86. The fourth-order valence-electron chi connectivity index (χ4n) is 2.90. The molecule has 0 spiro atoms. The zero-order chi connectivity index (χ0) is 15.9. The number of halogens is 2. The van der Waals surface area contributed by atoms with Gasteiger partial charge in [0, 0.05) is 17.1 Å². The molecule has 130 valence electrons. The highest BCUT2D eigenvalue weighted by Crippen LogP contribution is 2.28. The molecule has 3 rings (SSSR count). The number of hydrogen-bond donors (Lipinski definition) is 2. The highest BCUT2D eigenvalue weighted by Gasteiger charge is 2.13. The quantitative estimate of drug-likeness (QED) is 0.780. The first-order chi connectivity index (χ1) is 11.3. The van der Waals surface area contributed by atoms with Gasteiger partial charge in [0.1, 0.15) is 11.5 Å². The first kappa shape index (κ1) is 19.1. The lowest BCUT2D eigenvalue weighted by atomic mass is 9.98. The summed E-state index contributed by atoms with van der Waals surface area (Å²) in [5, 5.41) is 7.70. The number of hydrogen-bond acceptors (Lipinski definition) is 3. The molecule has 2 aromatic carbocycles. The predicted molar refractivity (Wildman–Crippen MR) is 103 cm³/mol. The van der Waals surface area contributed by atoms with Crippen LogP contribution < -0.4 is 15.4 Å². The summed E-state index contributed by atoms with van der Waals surface area (Å²) in [6, 6.07) is 15.6. The van der Waals surface area contributed by atoms with Gasteiger partial charge in [0.05, 0.1) is 0 Å². The largest absolute Gasteiger partial charge is 0.457 e. The van der Waals surface area contributed by atoms with Gasteiger partial charge >= 0.3 is 0 Å². The zero-order valence-corrected chi connectivity index (χ0v) is 15.2. The minimum atomic E-state index is 0. The number of ether oxygens (including phenoxy) is 1. The van der Waals surface area contributed by atoms with Gasteiger partial charge < -0.3 is 15.4 Å². The maximum atomic E-state index is 6.16. The van der Waals surface area contributed by atoms with E-state index in [9.17, 15) is 0 Å². The summed E-state index contributed by atoms with van der Waals surface area (Å²) in [5.41, 5.74) is 1.09. The Hall–Kier alpha value is -1.26. The average Bonchev–Trinajstić information content (AvgIpc) is 2.59. The molecule has 0 atom stereocenters. The van der Waals surface area contributed by atoms with Crippen LogP contribution in [-0.4, -0.2) is 19.6 Å². The van der Waals surface area contributed by atoms with Crippen LogP contribution in [0.4, 0.5) is 0 Å². The summed E-state index contributed by atoms with van der Waals surface area (Å²) in [5.74, 6) is 2.46. The van der Waals surface area contributed by atoms with Crippen LogP contribution in [0.15, 0.2) is 48.5 Å². The molecule has 2 aromatic rings. The lowest BCUT2D eigenvalue weighted by molar-refractivity contribution is 0.355. The van der Waals surface area contributed by atoms with Gasteiger partial charge in [-0.2, -0.15) is 0 Å². The second-order valence-corrected chi connectivity index (χ2v) is 6.43. The van der Waals surface area contributed by atoms with Gasteiger partial charge in [-0.1, -0.05) is 29.8 Å². The van der Waals surface area contributed by atoms with Crippen molar-refractivity contribution in [3.8, 4) is 11.5 Å².